The van der Waals surface area contributed by atoms with Crippen molar-refractivity contribution in [3.63, 3.8) is 0 Å². The van der Waals surface area contributed by atoms with E-state index >= 15 is 0 Å². The number of benzene rings is 1. The predicted molar refractivity (Wildman–Crippen MR) is 89.1 cm³/mol. The topological polar surface area (TPSA) is 39.1 Å². The zero-order valence-electron chi connectivity index (χ0n) is 12.1. The fourth-order valence-corrected chi connectivity index (χ4v) is 3.04. The summed E-state index contributed by atoms with van der Waals surface area (Å²) in [5.74, 6) is 0.831. The quantitative estimate of drug-likeness (QED) is 0.777. The molecule has 2 rings (SSSR count). The van der Waals surface area contributed by atoms with E-state index in [-0.39, 0.29) is 6.04 Å². The molecule has 0 aliphatic carbocycles. The third-order valence-electron chi connectivity index (χ3n) is 3.26. The molecule has 1 unspecified atom stereocenters. The Hall–Kier alpha value is -1.08. The zero-order chi connectivity index (χ0) is 14.5. The van der Waals surface area contributed by atoms with Gasteiger partial charge in [-0.05, 0) is 47.7 Å². The van der Waals surface area contributed by atoms with Gasteiger partial charge in [-0.25, -0.2) is 0 Å². The molecule has 0 aliphatic rings. The first kappa shape index (κ1) is 15.3. The van der Waals surface area contributed by atoms with Crippen molar-refractivity contribution in [3.8, 4) is 5.75 Å². The van der Waals surface area contributed by atoms with Crippen LogP contribution >= 0.6 is 22.6 Å². The molecule has 1 heterocycles. The third kappa shape index (κ3) is 2.98. The van der Waals surface area contributed by atoms with Gasteiger partial charge in [-0.1, -0.05) is 25.1 Å². The molecule has 1 aromatic carbocycles. The zero-order valence-corrected chi connectivity index (χ0v) is 14.2. The Labute approximate surface area is 133 Å². The molecule has 2 aromatic rings. The molecule has 4 nitrogen and oxygen atoms in total. The normalized spacial score (nSPS) is 12.4. The maximum absolute atomic E-state index is 5.49. The smallest absolute Gasteiger partial charge is 0.161 e. The number of nitrogens with one attached hydrogen (secondary N) is 1. The molecule has 1 atom stereocenters. The number of hydrogen-bond donors (Lipinski definition) is 1. The van der Waals surface area contributed by atoms with E-state index in [9.17, 15) is 0 Å². The maximum atomic E-state index is 5.49. The molecule has 5 heteroatoms. The highest BCUT2D eigenvalue weighted by Crippen LogP contribution is 2.32. The van der Waals surface area contributed by atoms with Crippen LogP contribution in [0.3, 0.4) is 0 Å². The predicted octanol–water partition coefficient (Wildman–Crippen LogP) is 3.22. The summed E-state index contributed by atoms with van der Waals surface area (Å²) in [6.07, 6.45) is 1.79. The Kier molecular flexibility index (Phi) is 5.42. The molecule has 0 spiro atoms. The highest BCUT2D eigenvalue weighted by molar-refractivity contribution is 14.1. The van der Waals surface area contributed by atoms with Crippen LogP contribution in [-0.4, -0.2) is 23.4 Å². The van der Waals surface area contributed by atoms with Crippen molar-refractivity contribution >= 4 is 22.6 Å². The van der Waals surface area contributed by atoms with Gasteiger partial charge in [0.15, 0.2) is 5.75 Å². The monoisotopic (exact) mass is 385 g/mol. The maximum Gasteiger partial charge on any atom is 0.161 e. The summed E-state index contributed by atoms with van der Waals surface area (Å²) in [5, 5.41) is 7.96. The van der Waals surface area contributed by atoms with Crippen LogP contribution in [0.4, 0.5) is 0 Å². The Morgan fingerprint density at radius 1 is 1.35 bits per heavy atom. The van der Waals surface area contributed by atoms with Crippen LogP contribution in [0.5, 0.6) is 5.75 Å². The van der Waals surface area contributed by atoms with E-state index < -0.39 is 0 Å². The number of ether oxygens (including phenoxy) is 1. The van der Waals surface area contributed by atoms with Crippen molar-refractivity contribution < 1.29 is 4.74 Å². The summed E-state index contributed by atoms with van der Waals surface area (Å²) >= 11 is 2.38. The number of halogens is 1. The van der Waals surface area contributed by atoms with E-state index in [0.717, 1.165) is 24.5 Å². The number of nitrogens with zero attached hydrogens (tertiary/aromatic N) is 2. The largest absolute Gasteiger partial charge is 0.493 e. The molecule has 1 N–H and O–H groups in total. The minimum atomic E-state index is 0.0884. The molecule has 0 bridgehead atoms. The number of aromatic nitrogens is 2. The van der Waals surface area contributed by atoms with E-state index in [1.807, 2.05) is 4.68 Å². The second-order valence-electron chi connectivity index (χ2n) is 4.43. The first-order valence-electron chi connectivity index (χ1n) is 6.80. The highest BCUT2D eigenvalue weighted by atomic mass is 127. The van der Waals surface area contributed by atoms with Crippen LogP contribution in [0.15, 0.2) is 30.5 Å². The molecule has 0 aliphatic heterocycles. The lowest BCUT2D eigenvalue weighted by Crippen LogP contribution is -2.26. The SMILES string of the molecule is CCNC(c1ccccc1I)c1c(OC)cnn1CC. The summed E-state index contributed by atoms with van der Waals surface area (Å²) in [5.41, 5.74) is 2.34. The van der Waals surface area contributed by atoms with Crippen molar-refractivity contribution in [3.05, 3.63) is 45.3 Å². The Morgan fingerprint density at radius 2 is 2.10 bits per heavy atom. The Morgan fingerprint density at radius 3 is 2.70 bits per heavy atom. The van der Waals surface area contributed by atoms with Crippen molar-refractivity contribution in [1.29, 1.82) is 0 Å². The third-order valence-corrected chi connectivity index (χ3v) is 4.24. The van der Waals surface area contributed by atoms with E-state index in [2.05, 4.69) is 71.1 Å². The second kappa shape index (κ2) is 7.08. The summed E-state index contributed by atoms with van der Waals surface area (Å²) in [6, 6.07) is 8.50. The van der Waals surface area contributed by atoms with Gasteiger partial charge >= 0.3 is 0 Å². The first-order chi connectivity index (χ1) is 9.72. The van der Waals surface area contributed by atoms with Crippen molar-refractivity contribution in [2.75, 3.05) is 13.7 Å². The van der Waals surface area contributed by atoms with Gasteiger partial charge in [0, 0.05) is 10.1 Å². The summed E-state index contributed by atoms with van der Waals surface area (Å²) in [4.78, 5) is 0. The molecule has 20 heavy (non-hydrogen) atoms. The highest BCUT2D eigenvalue weighted by Gasteiger charge is 2.23. The van der Waals surface area contributed by atoms with Crippen molar-refractivity contribution in [2.45, 2.75) is 26.4 Å². The van der Waals surface area contributed by atoms with Crippen LogP contribution in [-0.2, 0) is 6.54 Å². The fourth-order valence-electron chi connectivity index (χ4n) is 2.35. The molecular formula is C15H20IN3O. The lowest BCUT2D eigenvalue weighted by atomic mass is 10.0. The number of aryl methyl sites for hydroxylation is 1. The lowest BCUT2D eigenvalue weighted by Gasteiger charge is -2.22. The summed E-state index contributed by atoms with van der Waals surface area (Å²) < 4.78 is 8.72. The molecule has 0 radical (unpaired) electrons. The first-order valence-corrected chi connectivity index (χ1v) is 7.88. The van der Waals surface area contributed by atoms with Crippen LogP contribution in [0.25, 0.3) is 0 Å². The molecule has 0 amide bonds. The van der Waals surface area contributed by atoms with E-state index in [1.165, 1.54) is 9.13 Å². The van der Waals surface area contributed by atoms with Crippen molar-refractivity contribution in [1.82, 2.24) is 15.1 Å². The molecular weight excluding hydrogens is 365 g/mol. The standard InChI is InChI=1S/C15H20IN3O/c1-4-17-14(11-8-6-7-9-12(11)16)15-13(20-3)10-18-19(15)5-2/h6-10,14,17H,4-5H2,1-3H3. The minimum Gasteiger partial charge on any atom is -0.493 e. The van der Waals surface area contributed by atoms with Gasteiger partial charge in [0.05, 0.1) is 19.3 Å². The van der Waals surface area contributed by atoms with Crippen LogP contribution in [0.1, 0.15) is 31.1 Å². The minimum absolute atomic E-state index is 0.0884. The number of methoxy groups -OCH3 is 1. The lowest BCUT2D eigenvalue weighted by molar-refractivity contribution is 0.399. The average molecular weight is 385 g/mol. The van der Waals surface area contributed by atoms with Gasteiger partial charge in [0.2, 0.25) is 0 Å². The second-order valence-corrected chi connectivity index (χ2v) is 5.59. The fraction of sp³-hybridized carbons (Fsp3) is 0.400. The molecule has 0 fully saturated rings. The number of hydrogen-bond acceptors (Lipinski definition) is 3. The molecule has 0 saturated heterocycles. The van der Waals surface area contributed by atoms with Crippen molar-refractivity contribution in [2.24, 2.45) is 0 Å². The van der Waals surface area contributed by atoms with Gasteiger partial charge < -0.3 is 10.1 Å². The van der Waals surface area contributed by atoms with Crippen LogP contribution < -0.4 is 10.1 Å². The summed E-state index contributed by atoms with van der Waals surface area (Å²) in [7, 11) is 1.69. The Bertz CT molecular complexity index is 546. The van der Waals surface area contributed by atoms with E-state index in [1.54, 1.807) is 13.3 Å². The molecule has 108 valence electrons. The molecule has 1 aromatic heterocycles. The summed E-state index contributed by atoms with van der Waals surface area (Å²) in [6.45, 7) is 5.91. The molecule has 0 saturated carbocycles. The van der Waals surface area contributed by atoms with E-state index in [4.69, 9.17) is 4.74 Å². The number of rotatable bonds is 6. The van der Waals surface area contributed by atoms with E-state index in [0.29, 0.717) is 0 Å². The van der Waals surface area contributed by atoms with Gasteiger partial charge in [0.1, 0.15) is 5.69 Å². The van der Waals surface area contributed by atoms with Gasteiger partial charge in [-0.3, -0.25) is 4.68 Å². The Balaban J connectivity index is 2.54. The van der Waals surface area contributed by atoms with Gasteiger partial charge in [-0.2, -0.15) is 5.10 Å². The average Bonchev–Trinajstić information content (AvgIpc) is 2.88. The van der Waals surface area contributed by atoms with Gasteiger partial charge in [-0.15, -0.1) is 0 Å². The van der Waals surface area contributed by atoms with Gasteiger partial charge in [0.25, 0.3) is 0 Å². The van der Waals surface area contributed by atoms with Crippen LogP contribution in [0.2, 0.25) is 0 Å². The van der Waals surface area contributed by atoms with Crippen LogP contribution in [0, 0.1) is 3.57 Å².